The molecule has 0 aliphatic carbocycles. The summed E-state index contributed by atoms with van der Waals surface area (Å²) in [6.45, 7) is 5.61. The van der Waals surface area contributed by atoms with Gasteiger partial charge in [0.1, 0.15) is 5.69 Å². The summed E-state index contributed by atoms with van der Waals surface area (Å²) in [7, 11) is 0. The lowest BCUT2D eigenvalue weighted by atomic mass is 10.4. The summed E-state index contributed by atoms with van der Waals surface area (Å²) in [5, 5.41) is 9.16. The Labute approximate surface area is 120 Å². The molecule has 0 saturated carbocycles. The van der Waals surface area contributed by atoms with Crippen LogP contribution in [0, 0.1) is 0 Å². The second kappa shape index (κ2) is 5.13. The molecule has 0 aromatic carbocycles. The number of thiophene rings is 1. The molecule has 0 saturated heterocycles. The van der Waals surface area contributed by atoms with Crippen molar-refractivity contribution in [1.82, 2.24) is 14.3 Å². The van der Waals surface area contributed by atoms with Gasteiger partial charge in [-0.05, 0) is 31.4 Å². The maximum Gasteiger partial charge on any atom is 0.273 e. The van der Waals surface area contributed by atoms with Gasteiger partial charge < -0.3 is 9.88 Å². The highest BCUT2D eigenvalue weighted by atomic mass is 32.1. The monoisotopic (exact) mass is 288 g/mol. The van der Waals surface area contributed by atoms with Crippen LogP contribution in [0.5, 0.6) is 0 Å². The number of hydrogen-bond donors (Lipinski definition) is 1. The van der Waals surface area contributed by atoms with Gasteiger partial charge in [-0.15, -0.1) is 11.3 Å². The number of aromatic nitrogens is 3. The van der Waals surface area contributed by atoms with Gasteiger partial charge in [0.15, 0.2) is 5.82 Å². The zero-order valence-corrected chi connectivity index (χ0v) is 12.3. The van der Waals surface area contributed by atoms with Crippen molar-refractivity contribution in [3.63, 3.8) is 0 Å². The molecule has 0 aliphatic rings. The fourth-order valence-electron chi connectivity index (χ4n) is 2.29. The van der Waals surface area contributed by atoms with E-state index in [-0.39, 0.29) is 5.91 Å². The van der Waals surface area contributed by atoms with E-state index in [0.29, 0.717) is 11.5 Å². The Bertz CT molecular complexity index is 752. The minimum Gasteiger partial charge on any atom is -0.336 e. The second-order valence-electron chi connectivity index (χ2n) is 4.45. The Morgan fingerprint density at radius 3 is 2.90 bits per heavy atom. The predicted molar refractivity (Wildman–Crippen MR) is 81.3 cm³/mol. The van der Waals surface area contributed by atoms with Crippen molar-refractivity contribution in [2.24, 2.45) is 0 Å². The summed E-state index contributed by atoms with van der Waals surface area (Å²) in [6, 6.07) is 5.80. The molecule has 0 unspecified atom stereocenters. The highest BCUT2D eigenvalue weighted by Gasteiger charge is 2.16. The lowest BCUT2D eigenvalue weighted by Gasteiger charge is -2.06. The van der Waals surface area contributed by atoms with E-state index in [0.717, 1.165) is 23.3 Å². The normalized spacial score (nSPS) is 11.1. The lowest BCUT2D eigenvalue weighted by Crippen LogP contribution is -2.17. The molecule has 3 aromatic heterocycles. The van der Waals surface area contributed by atoms with Gasteiger partial charge in [0.05, 0.1) is 10.2 Å². The van der Waals surface area contributed by atoms with Crippen molar-refractivity contribution in [1.29, 1.82) is 0 Å². The molecule has 20 heavy (non-hydrogen) atoms. The largest absolute Gasteiger partial charge is 0.336 e. The minimum atomic E-state index is -0.114. The first-order valence-corrected chi connectivity index (χ1v) is 7.52. The topological polar surface area (TPSA) is 51.9 Å². The molecule has 104 valence electrons. The number of fused-ring (bicyclic) bond motifs is 1. The molecule has 0 aliphatic heterocycles. The molecule has 3 rings (SSSR count). The molecular weight excluding hydrogens is 272 g/mol. The van der Waals surface area contributed by atoms with Gasteiger partial charge >= 0.3 is 0 Å². The Hall–Kier alpha value is -2.08. The van der Waals surface area contributed by atoms with Crippen molar-refractivity contribution in [2.75, 3.05) is 5.32 Å². The van der Waals surface area contributed by atoms with Gasteiger partial charge in [0.2, 0.25) is 0 Å². The smallest absolute Gasteiger partial charge is 0.273 e. The maximum absolute atomic E-state index is 12.4. The first kappa shape index (κ1) is 12.9. The van der Waals surface area contributed by atoms with Crippen LogP contribution in [0.15, 0.2) is 29.8 Å². The van der Waals surface area contributed by atoms with Gasteiger partial charge in [-0.1, -0.05) is 0 Å². The number of rotatable bonds is 4. The van der Waals surface area contributed by atoms with E-state index >= 15 is 0 Å². The Morgan fingerprint density at radius 2 is 2.20 bits per heavy atom. The number of nitrogens with zero attached hydrogens (tertiary/aromatic N) is 3. The van der Waals surface area contributed by atoms with E-state index in [1.54, 1.807) is 16.0 Å². The third-order valence-corrected chi connectivity index (χ3v) is 4.13. The zero-order chi connectivity index (χ0) is 14.1. The zero-order valence-electron chi connectivity index (χ0n) is 11.5. The summed E-state index contributed by atoms with van der Waals surface area (Å²) in [4.78, 5) is 12.4. The summed E-state index contributed by atoms with van der Waals surface area (Å²) < 4.78 is 4.95. The standard InChI is InChI=1S/C14H16N4OS/c1-3-17-7-5-13(16-17)15-14(19)11-9-12-10(6-8-20-12)18(11)4-2/h5-9H,3-4H2,1-2H3,(H,15,16,19). The van der Waals surface area contributed by atoms with Gasteiger partial charge in [-0.2, -0.15) is 5.10 Å². The van der Waals surface area contributed by atoms with Crippen molar-refractivity contribution in [2.45, 2.75) is 26.9 Å². The van der Waals surface area contributed by atoms with E-state index in [9.17, 15) is 4.79 Å². The summed E-state index contributed by atoms with van der Waals surface area (Å²) in [5.74, 6) is 0.473. The predicted octanol–water partition coefficient (Wildman–Crippen LogP) is 3.19. The van der Waals surface area contributed by atoms with Crippen LogP contribution < -0.4 is 5.32 Å². The average Bonchev–Trinajstić information content (AvgIpc) is 3.12. The molecule has 0 fully saturated rings. The van der Waals surface area contributed by atoms with Crippen molar-refractivity contribution in [3.8, 4) is 0 Å². The molecule has 0 radical (unpaired) electrons. The third-order valence-electron chi connectivity index (χ3n) is 3.28. The first-order valence-electron chi connectivity index (χ1n) is 6.64. The summed E-state index contributed by atoms with van der Waals surface area (Å²) in [5.41, 5.74) is 1.79. The van der Waals surface area contributed by atoms with Gasteiger partial charge in [-0.25, -0.2) is 0 Å². The Kier molecular flexibility index (Phi) is 3.31. The fourth-order valence-corrected chi connectivity index (χ4v) is 3.11. The van der Waals surface area contributed by atoms with Gasteiger partial charge in [-0.3, -0.25) is 9.48 Å². The van der Waals surface area contributed by atoms with Crippen LogP contribution >= 0.6 is 11.3 Å². The molecule has 0 atom stereocenters. The lowest BCUT2D eigenvalue weighted by molar-refractivity contribution is 0.101. The van der Waals surface area contributed by atoms with Crippen LogP contribution in [-0.4, -0.2) is 20.3 Å². The molecule has 3 aromatic rings. The molecule has 1 N–H and O–H groups in total. The number of anilines is 1. The van der Waals surface area contributed by atoms with Crippen LogP contribution in [0.2, 0.25) is 0 Å². The van der Waals surface area contributed by atoms with Crippen LogP contribution in [0.1, 0.15) is 24.3 Å². The van der Waals surface area contributed by atoms with E-state index < -0.39 is 0 Å². The van der Waals surface area contributed by atoms with Crippen LogP contribution in [-0.2, 0) is 13.1 Å². The second-order valence-corrected chi connectivity index (χ2v) is 5.40. The van der Waals surface area contributed by atoms with E-state index in [1.165, 1.54) is 0 Å². The van der Waals surface area contributed by atoms with E-state index in [4.69, 9.17) is 0 Å². The molecule has 1 amide bonds. The number of hydrogen-bond acceptors (Lipinski definition) is 3. The highest BCUT2D eigenvalue weighted by Crippen LogP contribution is 2.25. The Balaban J connectivity index is 1.89. The maximum atomic E-state index is 12.4. The van der Waals surface area contributed by atoms with Crippen molar-refractivity contribution >= 4 is 33.3 Å². The molecule has 0 spiro atoms. The molecule has 3 heterocycles. The molecule has 6 heteroatoms. The van der Waals surface area contributed by atoms with Crippen LogP contribution in [0.3, 0.4) is 0 Å². The fraction of sp³-hybridized carbons (Fsp3) is 0.286. The number of carbonyl (C=O) groups is 1. The van der Waals surface area contributed by atoms with Gasteiger partial charge in [0.25, 0.3) is 5.91 Å². The molecule has 5 nitrogen and oxygen atoms in total. The molecule has 0 bridgehead atoms. The van der Waals surface area contributed by atoms with E-state index in [2.05, 4.69) is 10.4 Å². The van der Waals surface area contributed by atoms with Crippen LogP contribution in [0.4, 0.5) is 5.82 Å². The first-order chi connectivity index (χ1) is 9.72. The van der Waals surface area contributed by atoms with E-state index in [1.807, 2.05) is 48.2 Å². The number of amides is 1. The minimum absolute atomic E-state index is 0.114. The number of nitrogens with one attached hydrogen (secondary N) is 1. The summed E-state index contributed by atoms with van der Waals surface area (Å²) >= 11 is 1.65. The summed E-state index contributed by atoms with van der Waals surface area (Å²) in [6.07, 6.45) is 1.85. The molecular formula is C14H16N4OS. The highest BCUT2D eigenvalue weighted by molar-refractivity contribution is 7.17. The Morgan fingerprint density at radius 1 is 1.35 bits per heavy atom. The SMILES string of the molecule is CCn1ccc(NC(=O)c2cc3sccc3n2CC)n1. The quantitative estimate of drug-likeness (QED) is 0.801. The third kappa shape index (κ3) is 2.12. The van der Waals surface area contributed by atoms with Crippen LogP contribution in [0.25, 0.3) is 10.2 Å². The average molecular weight is 288 g/mol. The van der Waals surface area contributed by atoms with Crippen molar-refractivity contribution in [3.05, 3.63) is 35.5 Å². The number of carbonyl (C=O) groups excluding carboxylic acids is 1. The van der Waals surface area contributed by atoms with Gasteiger partial charge in [0, 0.05) is 25.4 Å². The van der Waals surface area contributed by atoms with Crippen molar-refractivity contribution < 1.29 is 4.79 Å². The number of aryl methyl sites for hydroxylation is 2.